The van der Waals surface area contributed by atoms with Crippen molar-refractivity contribution in [3.8, 4) is 0 Å². The van der Waals surface area contributed by atoms with Gasteiger partial charge < -0.3 is 9.67 Å². The van der Waals surface area contributed by atoms with Crippen molar-refractivity contribution in [2.75, 3.05) is 0 Å². The van der Waals surface area contributed by atoms with Gasteiger partial charge in [0.2, 0.25) is 0 Å². The van der Waals surface area contributed by atoms with E-state index in [-0.39, 0.29) is 28.3 Å². The van der Waals surface area contributed by atoms with Gasteiger partial charge in [-0.05, 0) is 43.1 Å². The van der Waals surface area contributed by atoms with E-state index in [1.54, 1.807) is 6.20 Å². The van der Waals surface area contributed by atoms with Crippen molar-refractivity contribution in [3.63, 3.8) is 0 Å². The van der Waals surface area contributed by atoms with Gasteiger partial charge in [-0.15, -0.1) is 0 Å². The fraction of sp³-hybridized carbons (Fsp3) is 0.647. The number of carbonyl (C=O) groups excluding carboxylic acids is 1. The summed E-state index contributed by atoms with van der Waals surface area (Å²) in [6.07, 6.45) is 4.71. The van der Waals surface area contributed by atoms with Gasteiger partial charge in [-0.3, -0.25) is 4.79 Å². The molecule has 0 radical (unpaired) electrons. The maximum Gasteiger partial charge on any atom is 0.352 e. The molecule has 0 atom stereocenters. The van der Waals surface area contributed by atoms with Crippen LogP contribution in [0.2, 0.25) is 0 Å². The Bertz CT molecular complexity index is 565. The average molecular weight is 291 g/mol. The maximum absolute atomic E-state index is 11.6. The van der Waals surface area contributed by atoms with Crippen LogP contribution in [-0.4, -0.2) is 21.4 Å². The van der Waals surface area contributed by atoms with Gasteiger partial charge in [0, 0.05) is 17.8 Å². The number of rotatable bonds is 3. The van der Waals surface area contributed by atoms with E-state index in [4.69, 9.17) is 0 Å². The summed E-state index contributed by atoms with van der Waals surface area (Å²) in [5, 5.41) is 9.42. The van der Waals surface area contributed by atoms with E-state index in [9.17, 15) is 14.7 Å². The van der Waals surface area contributed by atoms with E-state index in [2.05, 4.69) is 27.7 Å². The standard InChI is InChI=1S/C17H25NO3/c1-11(19)12-6-14(15(20)21)18(9-12)13-7-16(2,3)10-17(4,5)8-13/h6,9,13H,7-8,10H2,1-5H3,(H,20,21). The lowest BCUT2D eigenvalue weighted by atomic mass is 9.63. The first-order valence-corrected chi connectivity index (χ1v) is 7.47. The molecular weight excluding hydrogens is 266 g/mol. The van der Waals surface area contributed by atoms with E-state index in [0.717, 1.165) is 19.3 Å². The van der Waals surface area contributed by atoms with Gasteiger partial charge in [-0.25, -0.2) is 4.79 Å². The molecule has 1 aromatic rings. The molecule has 0 unspecified atom stereocenters. The van der Waals surface area contributed by atoms with Crippen molar-refractivity contribution in [1.29, 1.82) is 0 Å². The summed E-state index contributed by atoms with van der Waals surface area (Å²) in [4.78, 5) is 23.1. The molecule has 0 amide bonds. The second-order valence-electron chi connectivity index (χ2n) is 7.95. The van der Waals surface area contributed by atoms with E-state index in [0.29, 0.717) is 5.56 Å². The number of ketones is 1. The van der Waals surface area contributed by atoms with Gasteiger partial charge in [-0.2, -0.15) is 0 Å². The van der Waals surface area contributed by atoms with Crippen molar-refractivity contribution < 1.29 is 14.7 Å². The van der Waals surface area contributed by atoms with Crippen LogP contribution in [0.25, 0.3) is 0 Å². The lowest BCUT2D eigenvalue weighted by Gasteiger charge is -2.45. The molecule has 1 aliphatic carbocycles. The highest BCUT2D eigenvalue weighted by molar-refractivity contribution is 5.97. The molecule has 0 aliphatic heterocycles. The van der Waals surface area contributed by atoms with Crippen LogP contribution in [0, 0.1) is 10.8 Å². The zero-order chi connectivity index (χ0) is 16.0. The Balaban J connectivity index is 2.45. The summed E-state index contributed by atoms with van der Waals surface area (Å²) in [6.45, 7) is 10.4. The normalized spacial score (nSPS) is 21.2. The highest BCUT2D eigenvalue weighted by Gasteiger charge is 2.40. The molecule has 1 N–H and O–H groups in total. The molecule has 1 aromatic heterocycles. The van der Waals surface area contributed by atoms with Crippen molar-refractivity contribution in [3.05, 3.63) is 23.5 Å². The Morgan fingerprint density at radius 2 is 1.71 bits per heavy atom. The fourth-order valence-corrected chi connectivity index (χ4v) is 4.13. The number of carboxylic acids is 1. The summed E-state index contributed by atoms with van der Waals surface area (Å²) in [7, 11) is 0. The first kappa shape index (κ1) is 15.8. The van der Waals surface area contributed by atoms with Crippen molar-refractivity contribution in [1.82, 2.24) is 4.57 Å². The number of carboxylic acid groups (broad SMARTS) is 1. The Hall–Kier alpha value is -1.58. The van der Waals surface area contributed by atoms with Crippen LogP contribution in [0.3, 0.4) is 0 Å². The average Bonchev–Trinajstić information content (AvgIpc) is 2.69. The van der Waals surface area contributed by atoms with Crippen molar-refractivity contribution in [2.45, 2.75) is 59.9 Å². The molecule has 0 bridgehead atoms. The topological polar surface area (TPSA) is 59.3 Å². The lowest BCUT2D eigenvalue weighted by molar-refractivity contribution is 0.0601. The molecule has 21 heavy (non-hydrogen) atoms. The molecule has 116 valence electrons. The van der Waals surface area contributed by atoms with Crippen LogP contribution in [-0.2, 0) is 0 Å². The molecule has 1 saturated carbocycles. The van der Waals surface area contributed by atoms with Gasteiger partial charge in [0.1, 0.15) is 5.69 Å². The molecule has 0 spiro atoms. The molecule has 0 saturated heterocycles. The molecule has 4 heteroatoms. The lowest BCUT2D eigenvalue weighted by Crippen LogP contribution is -2.35. The van der Waals surface area contributed by atoms with E-state index in [1.807, 2.05) is 4.57 Å². The van der Waals surface area contributed by atoms with Gasteiger partial charge >= 0.3 is 5.97 Å². The minimum absolute atomic E-state index is 0.0921. The van der Waals surface area contributed by atoms with Gasteiger partial charge in [0.15, 0.2) is 5.78 Å². The Morgan fingerprint density at radius 1 is 1.19 bits per heavy atom. The highest BCUT2D eigenvalue weighted by Crippen LogP contribution is 2.50. The van der Waals surface area contributed by atoms with Gasteiger partial charge in [-0.1, -0.05) is 27.7 Å². The predicted molar refractivity (Wildman–Crippen MR) is 81.8 cm³/mol. The first-order chi connectivity index (χ1) is 9.51. The minimum Gasteiger partial charge on any atom is -0.477 e. The van der Waals surface area contributed by atoms with Crippen LogP contribution >= 0.6 is 0 Å². The largest absolute Gasteiger partial charge is 0.477 e. The third-order valence-electron chi connectivity index (χ3n) is 4.40. The van der Waals surface area contributed by atoms with Crippen LogP contribution in [0.15, 0.2) is 12.3 Å². The van der Waals surface area contributed by atoms with Crippen LogP contribution in [0.1, 0.15) is 80.8 Å². The maximum atomic E-state index is 11.6. The summed E-state index contributed by atoms with van der Waals surface area (Å²) < 4.78 is 1.81. The summed E-state index contributed by atoms with van der Waals surface area (Å²) in [6, 6.07) is 1.63. The number of nitrogens with zero attached hydrogens (tertiary/aromatic N) is 1. The predicted octanol–water partition coefficient (Wildman–Crippen LogP) is 4.17. The minimum atomic E-state index is -0.969. The smallest absolute Gasteiger partial charge is 0.352 e. The molecule has 2 rings (SSSR count). The summed E-state index contributed by atoms with van der Waals surface area (Å²) >= 11 is 0. The van der Waals surface area contributed by atoms with E-state index in [1.165, 1.54) is 13.0 Å². The molecule has 4 nitrogen and oxygen atoms in total. The second kappa shape index (κ2) is 5.00. The monoisotopic (exact) mass is 291 g/mol. The summed E-state index contributed by atoms with van der Waals surface area (Å²) in [5.74, 6) is -1.06. The zero-order valence-corrected chi connectivity index (χ0v) is 13.6. The van der Waals surface area contributed by atoms with Crippen LogP contribution < -0.4 is 0 Å². The number of aromatic nitrogens is 1. The third-order valence-corrected chi connectivity index (χ3v) is 4.40. The zero-order valence-electron chi connectivity index (χ0n) is 13.6. The number of Topliss-reactive ketones (excluding diaryl/α,β-unsaturated/α-hetero) is 1. The van der Waals surface area contributed by atoms with E-state index >= 15 is 0 Å². The number of hydrogen-bond acceptors (Lipinski definition) is 2. The highest BCUT2D eigenvalue weighted by atomic mass is 16.4. The Kier molecular flexibility index (Phi) is 3.77. The Morgan fingerprint density at radius 3 is 2.14 bits per heavy atom. The molecule has 0 aromatic carbocycles. The molecule has 1 aliphatic rings. The van der Waals surface area contributed by atoms with Gasteiger partial charge in [0.05, 0.1) is 0 Å². The molecule has 1 fully saturated rings. The van der Waals surface area contributed by atoms with Crippen molar-refractivity contribution >= 4 is 11.8 Å². The summed E-state index contributed by atoms with van der Waals surface area (Å²) in [5.41, 5.74) is 1.04. The quantitative estimate of drug-likeness (QED) is 0.850. The molecule has 1 heterocycles. The molecular formula is C17H25NO3. The third kappa shape index (κ3) is 3.36. The van der Waals surface area contributed by atoms with E-state index < -0.39 is 5.97 Å². The number of hydrogen-bond donors (Lipinski definition) is 1. The number of aromatic carboxylic acids is 1. The number of carbonyl (C=O) groups is 2. The SMILES string of the molecule is CC(=O)c1cc(C(=O)O)n(C2CC(C)(C)CC(C)(C)C2)c1. The van der Waals surface area contributed by atoms with Crippen LogP contribution in [0.5, 0.6) is 0 Å². The first-order valence-electron chi connectivity index (χ1n) is 7.47. The Labute approximate surface area is 126 Å². The van der Waals surface area contributed by atoms with Crippen LogP contribution in [0.4, 0.5) is 0 Å². The van der Waals surface area contributed by atoms with Gasteiger partial charge in [0.25, 0.3) is 0 Å². The second-order valence-corrected chi connectivity index (χ2v) is 7.95. The van der Waals surface area contributed by atoms with Crippen molar-refractivity contribution in [2.24, 2.45) is 10.8 Å². The fourth-order valence-electron chi connectivity index (χ4n) is 4.13.